The SMILES string of the molecule is c1cc(-c2cccc3ccccc23)cc(-c2nc(-n3c4ccccc4c4ccc5c6c7ccccc7oc6c6ccccc6c5c43)nc3sc4ccccc4c23)c1. The van der Waals surface area contributed by atoms with Crippen LogP contribution in [0.4, 0.5) is 0 Å². The Bertz CT molecular complexity index is 3830. The third kappa shape index (κ3) is 4.32. The molecule has 0 saturated heterocycles. The number of hydrogen-bond acceptors (Lipinski definition) is 4. The van der Waals surface area contributed by atoms with E-state index in [1.165, 1.54) is 26.4 Å². The van der Waals surface area contributed by atoms with Crippen molar-refractivity contribution in [1.29, 1.82) is 0 Å². The van der Waals surface area contributed by atoms with Crippen LogP contribution in [0.2, 0.25) is 0 Å². The van der Waals surface area contributed by atoms with Gasteiger partial charge in [-0.2, -0.15) is 0 Å². The monoisotopic (exact) mass is 743 g/mol. The van der Waals surface area contributed by atoms with Crippen LogP contribution in [-0.2, 0) is 0 Å². The van der Waals surface area contributed by atoms with Gasteiger partial charge in [0.25, 0.3) is 0 Å². The fraction of sp³-hybridized carbons (Fsp3) is 0. The standard InChI is InChI=1S/C52H29N3OS/c1-2-17-33-30(13-1)14-12-23-34(33)31-15-11-16-32(29-31)48-47-40-22-7-10-26-44(40)57-51(47)54-52(53-48)55-42-24-8-5-18-35(42)37-27-28-41-45(49(37)55)36-19-3-4-20-38(36)50-46(41)39-21-6-9-25-43(39)56-50/h1-29H. The summed E-state index contributed by atoms with van der Waals surface area (Å²) < 4.78 is 10.1. The van der Waals surface area contributed by atoms with Gasteiger partial charge in [-0.15, -0.1) is 11.3 Å². The molecule has 5 heteroatoms. The molecular weight excluding hydrogens is 715 g/mol. The number of para-hydroxylation sites is 2. The molecule has 0 unspecified atom stereocenters. The summed E-state index contributed by atoms with van der Waals surface area (Å²) in [6.45, 7) is 0. The molecule has 13 aromatic rings. The van der Waals surface area contributed by atoms with E-state index in [0.29, 0.717) is 5.95 Å². The van der Waals surface area contributed by atoms with Gasteiger partial charge in [-0.25, -0.2) is 9.97 Å². The summed E-state index contributed by atoms with van der Waals surface area (Å²) in [6.07, 6.45) is 0. The van der Waals surface area contributed by atoms with Gasteiger partial charge >= 0.3 is 0 Å². The minimum atomic E-state index is 0.652. The van der Waals surface area contributed by atoms with E-state index in [9.17, 15) is 0 Å². The number of hydrogen-bond donors (Lipinski definition) is 0. The molecule has 0 aliphatic rings. The lowest BCUT2D eigenvalue weighted by Crippen LogP contribution is -2.03. The van der Waals surface area contributed by atoms with Gasteiger partial charge in [0.2, 0.25) is 5.95 Å². The van der Waals surface area contributed by atoms with Gasteiger partial charge < -0.3 is 4.42 Å². The Morgan fingerprint density at radius 2 is 1.14 bits per heavy atom. The lowest BCUT2D eigenvalue weighted by molar-refractivity contribution is 0.673. The van der Waals surface area contributed by atoms with Crippen molar-refractivity contribution in [3.63, 3.8) is 0 Å². The predicted octanol–water partition coefficient (Wildman–Crippen LogP) is 14.6. The van der Waals surface area contributed by atoms with Gasteiger partial charge in [-0.05, 0) is 56.9 Å². The van der Waals surface area contributed by atoms with Gasteiger partial charge in [0.15, 0.2) is 0 Å². The molecule has 264 valence electrons. The van der Waals surface area contributed by atoms with E-state index in [2.05, 4.69) is 174 Å². The summed E-state index contributed by atoms with van der Waals surface area (Å²) >= 11 is 1.73. The minimum absolute atomic E-state index is 0.652. The largest absolute Gasteiger partial charge is 0.455 e. The molecule has 0 bridgehead atoms. The van der Waals surface area contributed by atoms with Crippen molar-refractivity contribution in [3.8, 4) is 28.3 Å². The molecule has 0 atom stereocenters. The lowest BCUT2D eigenvalue weighted by Gasteiger charge is -2.14. The van der Waals surface area contributed by atoms with Crippen LogP contribution in [0.5, 0.6) is 0 Å². The molecule has 0 N–H and O–H groups in total. The molecule has 0 radical (unpaired) electrons. The fourth-order valence-electron chi connectivity index (χ4n) is 9.38. The summed E-state index contributed by atoms with van der Waals surface area (Å²) in [5.41, 5.74) is 8.30. The van der Waals surface area contributed by atoms with Crippen LogP contribution < -0.4 is 0 Å². The molecule has 0 fully saturated rings. The van der Waals surface area contributed by atoms with E-state index in [-0.39, 0.29) is 0 Å². The number of benzene rings is 9. The first-order valence-electron chi connectivity index (χ1n) is 19.2. The predicted molar refractivity (Wildman–Crippen MR) is 240 cm³/mol. The van der Waals surface area contributed by atoms with Crippen LogP contribution in [0, 0.1) is 0 Å². The Hall–Kier alpha value is -7.34. The van der Waals surface area contributed by atoms with Crippen molar-refractivity contribution in [3.05, 3.63) is 176 Å². The molecule has 9 aromatic carbocycles. The second kappa shape index (κ2) is 11.6. The van der Waals surface area contributed by atoms with Crippen molar-refractivity contribution in [2.75, 3.05) is 0 Å². The van der Waals surface area contributed by atoms with E-state index in [1.807, 2.05) is 6.07 Å². The number of rotatable bonds is 3. The van der Waals surface area contributed by atoms with Crippen molar-refractivity contribution >= 4 is 108 Å². The van der Waals surface area contributed by atoms with E-state index in [4.69, 9.17) is 14.4 Å². The zero-order valence-corrected chi connectivity index (χ0v) is 31.2. The van der Waals surface area contributed by atoms with Gasteiger partial charge in [-0.3, -0.25) is 4.57 Å². The highest BCUT2D eigenvalue weighted by molar-refractivity contribution is 7.25. The number of aromatic nitrogens is 3. The third-order valence-electron chi connectivity index (χ3n) is 11.8. The number of furan rings is 1. The molecular formula is C52H29N3OS. The van der Waals surface area contributed by atoms with E-state index in [1.54, 1.807) is 11.3 Å². The fourth-order valence-corrected chi connectivity index (χ4v) is 10.5. The zero-order chi connectivity index (χ0) is 37.2. The summed E-state index contributed by atoms with van der Waals surface area (Å²) in [4.78, 5) is 12.1. The molecule has 13 rings (SSSR count). The minimum Gasteiger partial charge on any atom is -0.455 e. The maximum absolute atomic E-state index is 6.64. The van der Waals surface area contributed by atoms with Crippen LogP contribution in [0.25, 0.3) is 125 Å². The first-order valence-corrected chi connectivity index (χ1v) is 20.1. The van der Waals surface area contributed by atoms with Crippen molar-refractivity contribution in [2.45, 2.75) is 0 Å². The van der Waals surface area contributed by atoms with Crippen molar-refractivity contribution in [1.82, 2.24) is 14.5 Å². The second-order valence-electron chi connectivity index (χ2n) is 14.8. The van der Waals surface area contributed by atoms with Crippen LogP contribution >= 0.6 is 11.3 Å². The molecule has 4 nitrogen and oxygen atoms in total. The van der Waals surface area contributed by atoms with E-state index < -0.39 is 0 Å². The number of fused-ring (bicyclic) bond motifs is 16. The molecule has 0 saturated carbocycles. The van der Waals surface area contributed by atoms with Crippen molar-refractivity contribution in [2.24, 2.45) is 0 Å². The lowest BCUT2D eigenvalue weighted by atomic mass is 9.95. The Kier molecular flexibility index (Phi) is 6.29. The van der Waals surface area contributed by atoms with Gasteiger partial charge in [0.1, 0.15) is 16.0 Å². The first-order chi connectivity index (χ1) is 28.3. The van der Waals surface area contributed by atoms with Crippen LogP contribution in [0.15, 0.2) is 180 Å². The first kappa shape index (κ1) is 30.9. The summed E-state index contributed by atoms with van der Waals surface area (Å²) in [7, 11) is 0. The van der Waals surface area contributed by atoms with Gasteiger partial charge in [0.05, 0.1) is 16.7 Å². The summed E-state index contributed by atoms with van der Waals surface area (Å²) in [5, 5.41) is 13.8. The Morgan fingerprint density at radius 1 is 0.456 bits per heavy atom. The molecule has 0 aliphatic carbocycles. The normalized spacial score (nSPS) is 12.2. The smallest absolute Gasteiger partial charge is 0.236 e. The maximum atomic E-state index is 6.64. The molecule has 4 aromatic heterocycles. The third-order valence-corrected chi connectivity index (χ3v) is 12.9. The molecule has 0 spiro atoms. The number of nitrogens with zero attached hydrogens (tertiary/aromatic N) is 3. The Morgan fingerprint density at radius 3 is 2.05 bits per heavy atom. The van der Waals surface area contributed by atoms with Crippen LogP contribution in [0.1, 0.15) is 0 Å². The van der Waals surface area contributed by atoms with Crippen LogP contribution in [0.3, 0.4) is 0 Å². The maximum Gasteiger partial charge on any atom is 0.236 e. The second-order valence-corrected chi connectivity index (χ2v) is 15.9. The zero-order valence-electron chi connectivity index (χ0n) is 30.4. The summed E-state index contributed by atoms with van der Waals surface area (Å²) in [5.74, 6) is 0.652. The highest BCUT2D eigenvalue weighted by Crippen LogP contribution is 2.47. The van der Waals surface area contributed by atoms with Gasteiger partial charge in [0, 0.05) is 53.4 Å². The van der Waals surface area contributed by atoms with E-state index in [0.717, 1.165) is 92.3 Å². The highest BCUT2D eigenvalue weighted by Gasteiger charge is 2.24. The Balaban J connectivity index is 1.18. The quantitative estimate of drug-likeness (QED) is 0.169. The van der Waals surface area contributed by atoms with Crippen LogP contribution in [-0.4, -0.2) is 14.5 Å². The van der Waals surface area contributed by atoms with Gasteiger partial charge in [-0.1, -0.05) is 152 Å². The molecule has 0 aliphatic heterocycles. The average Bonchev–Trinajstić information content (AvgIpc) is 3.96. The molecule has 4 heterocycles. The Labute approximate surface area is 329 Å². The average molecular weight is 744 g/mol. The molecule has 0 amide bonds. The van der Waals surface area contributed by atoms with Crippen molar-refractivity contribution < 1.29 is 4.42 Å². The number of thiophene rings is 1. The molecule has 57 heavy (non-hydrogen) atoms. The highest BCUT2D eigenvalue weighted by atomic mass is 32.1. The summed E-state index contributed by atoms with van der Waals surface area (Å²) in [6, 6.07) is 62.9. The van der Waals surface area contributed by atoms with E-state index >= 15 is 0 Å². The topological polar surface area (TPSA) is 43.9 Å².